The summed E-state index contributed by atoms with van der Waals surface area (Å²) in [7, 11) is 0. The van der Waals surface area contributed by atoms with E-state index in [9.17, 15) is 4.79 Å². The second-order valence-corrected chi connectivity index (χ2v) is 6.28. The number of amides is 1. The summed E-state index contributed by atoms with van der Waals surface area (Å²) in [5, 5.41) is 7.00. The minimum Gasteiger partial charge on any atom is -0.484 e. The highest BCUT2D eigenvalue weighted by atomic mass is 32.1. The van der Waals surface area contributed by atoms with E-state index in [1.165, 1.54) is 4.68 Å². The third-order valence-corrected chi connectivity index (χ3v) is 3.95. The average Bonchev–Trinajstić information content (AvgIpc) is 2.96. The highest BCUT2D eigenvalue weighted by Gasteiger charge is 2.10. The largest absolute Gasteiger partial charge is 0.484 e. The van der Waals surface area contributed by atoms with Gasteiger partial charge in [-0.15, -0.1) is 5.10 Å². The van der Waals surface area contributed by atoms with Crippen molar-refractivity contribution >= 4 is 23.8 Å². The van der Waals surface area contributed by atoms with Crippen LogP contribution in [0.5, 0.6) is 5.75 Å². The number of rotatable bonds is 6. The summed E-state index contributed by atoms with van der Waals surface area (Å²) < 4.78 is 12.3. The molecule has 0 saturated carbocycles. The molecule has 1 heterocycles. The number of aromatic nitrogens is 2. The van der Waals surface area contributed by atoms with Crippen molar-refractivity contribution in [3.8, 4) is 5.75 Å². The Kier molecular flexibility index (Phi) is 5.48. The minimum atomic E-state index is -0.232. The zero-order valence-electron chi connectivity index (χ0n) is 14.6. The number of benzene rings is 2. The maximum Gasteiger partial charge on any atom is 0.287 e. The van der Waals surface area contributed by atoms with E-state index in [0.717, 1.165) is 16.8 Å². The minimum absolute atomic E-state index is 0.0270. The van der Waals surface area contributed by atoms with Crippen LogP contribution in [-0.4, -0.2) is 15.7 Å². The third-order valence-electron chi connectivity index (χ3n) is 3.66. The van der Waals surface area contributed by atoms with Crippen LogP contribution in [0.1, 0.15) is 17.0 Å². The van der Waals surface area contributed by atoms with E-state index in [-0.39, 0.29) is 23.9 Å². The van der Waals surface area contributed by atoms with Crippen LogP contribution in [0.25, 0.3) is 0 Å². The van der Waals surface area contributed by atoms with Gasteiger partial charge < -0.3 is 14.5 Å². The van der Waals surface area contributed by atoms with E-state index in [1.54, 1.807) is 0 Å². The zero-order valence-corrected chi connectivity index (χ0v) is 15.4. The molecule has 1 aromatic heterocycles. The molecule has 0 aliphatic carbocycles. The van der Waals surface area contributed by atoms with Crippen molar-refractivity contribution in [3.63, 3.8) is 0 Å². The molecule has 1 N–H and O–H groups in total. The molecular formula is C19H19N3O3S. The molecule has 0 aliphatic rings. The second kappa shape index (κ2) is 7.97. The fourth-order valence-corrected chi connectivity index (χ4v) is 2.46. The molecule has 0 bridgehead atoms. The third kappa shape index (κ3) is 4.80. The first kappa shape index (κ1) is 17.9. The van der Waals surface area contributed by atoms with Gasteiger partial charge in [-0.1, -0.05) is 35.4 Å². The fraction of sp³-hybridized carbons (Fsp3) is 0.211. The fourth-order valence-electron chi connectivity index (χ4n) is 2.26. The monoisotopic (exact) mass is 369 g/mol. The predicted molar refractivity (Wildman–Crippen MR) is 101 cm³/mol. The molecule has 0 fully saturated rings. The van der Waals surface area contributed by atoms with Crippen molar-refractivity contribution in [2.45, 2.75) is 27.0 Å². The first-order valence-electron chi connectivity index (χ1n) is 8.12. The molecule has 2 aromatic carbocycles. The first-order chi connectivity index (χ1) is 12.5. The number of hydrogen-bond donors (Lipinski definition) is 1. The molecule has 0 saturated heterocycles. The van der Waals surface area contributed by atoms with Gasteiger partial charge in [0.05, 0.1) is 0 Å². The molecule has 3 rings (SSSR count). The molecule has 0 aliphatic heterocycles. The summed E-state index contributed by atoms with van der Waals surface area (Å²) in [5.74, 6) is 0.798. The molecule has 26 heavy (non-hydrogen) atoms. The van der Waals surface area contributed by atoms with Gasteiger partial charge in [-0.3, -0.25) is 4.79 Å². The van der Waals surface area contributed by atoms with Crippen LogP contribution in [-0.2, 0) is 17.9 Å². The van der Waals surface area contributed by atoms with Crippen molar-refractivity contribution in [2.75, 3.05) is 5.32 Å². The molecule has 6 nitrogen and oxygen atoms in total. The van der Waals surface area contributed by atoms with Crippen LogP contribution in [0.4, 0.5) is 5.69 Å². The van der Waals surface area contributed by atoms with Crippen molar-refractivity contribution in [2.24, 2.45) is 0 Å². The number of anilines is 1. The SMILES string of the molecule is Cc1ccc(NC(=O)Cn2nc(COc3ccc(C)cc3)oc2=S)cc1. The summed E-state index contributed by atoms with van der Waals surface area (Å²) in [5.41, 5.74) is 3.00. The Morgan fingerprint density at radius 3 is 2.38 bits per heavy atom. The van der Waals surface area contributed by atoms with E-state index in [1.807, 2.05) is 62.4 Å². The highest BCUT2D eigenvalue weighted by molar-refractivity contribution is 7.71. The standard InChI is InChI=1S/C19H19N3O3S/c1-13-3-7-15(8-4-13)20-17(23)11-22-19(26)25-18(21-22)12-24-16-9-5-14(2)6-10-16/h3-10H,11-12H2,1-2H3,(H,20,23). The number of aryl methyl sites for hydroxylation is 2. The lowest BCUT2D eigenvalue weighted by molar-refractivity contribution is -0.117. The molecule has 1 amide bonds. The van der Waals surface area contributed by atoms with Crippen molar-refractivity contribution in [3.05, 3.63) is 70.4 Å². The van der Waals surface area contributed by atoms with Crippen LogP contribution >= 0.6 is 12.2 Å². The van der Waals surface area contributed by atoms with Gasteiger partial charge in [0.2, 0.25) is 5.91 Å². The lowest BCUT2D eigenvalue weighted by Gasteiger charge is -2.05. The van der Waals surface area contributed by atoms with E-state index < -0.39 is 0 Å². The van der Waals surface area contributed by atoms with Gasteiger partial charge in [-0.2, -0.15) is 0 Å². The van der Waals surface area contributed by atoms with Crippen LogP contribution in [0, 0.1) is 18.7 Å². The molecule has 0 radical (unpaired) electrons. The lowest BCUT2D eigenvalue weighted by Crippen LogP contribution is -2.19. The topological polar surface area (TPSA) is 69.3 Å². The first-order valence-corrected chi connectivity index (χ1v) is 8.53. The summed E-state index contributed by atoms with van der Waals surface area (Å²) in [6.45, 7) is 4.10. The van der Waals surface area contributed by atoms with Crippen LogP contribution in [0.15, 0.2) is 52.9 Å². The molecule has 7 heteroatoms. The quantitative estimate of drug-likeness (QED) is 0.664. The van der Waals surface area contributed by atoms with Gasteiger partial charge in [0.1, 0.15) is 12.3 Å². The molecule has 0 atom stereocenters. The van der Waals surface area contributed by atoms with E-state index in [0.29, 0.717) is 11.6 Å². The number of carbonyl (C=O) groups excluding carboxylic acids is 1. The molecule has 134 valence electrons. The van der Waals surface area contributed by atoms with Gasteiger partial charge in [-0.25, -0.2) is 4.68 Å². The maximum atomic E-state index is 12.1. The number of carbonyl (C=O) groups is 1. The Bertz CT molecular complexity index is 943. The van der Waals surface area contributed by atoms with Gasteiger partial charge in [0, 0.05) is 5.69 Å². The summed E-state index contributed by atoms with van der Waals surface area (Å²) in [6.07, 6.45) is 0. The smallest absolute Gasteiger partial charge is 0.287 e. The average molecular weight is 369 g/mol. The predicted octanol–water partition coefficient (Wildman–Crippen LogP) is 4.04. The summed E-state index contributed by atoms with van der Waals surface area (Å²) >= 11 is 5.12. The molecule has 3 aromatic rings. The van der Waals surface area contributed by atoms with E-state index in [2.05, 4.69) is 10.4 Å². The Balaban J connectivity index is 1.58. The van der Waals surface area contributed by atoms with Gasteiger partial charge >= 0.3 is 0 Å². The highest BCUT2D eigenvalue weighted by Crippen LogP contribution is 2.13. The maximum absolute atomic E-state index is 12.1. The van der Waals surface area contributed by atoms with Crippen molar-refractivity contribution in [1.82, 2.24) is 9.78 Å². The van der Waals surface area contributed by atoms with Crippen molar-refractivity contribution < 1.29 is 13.9 Å². The zero-order chi connectivity index (χ0) is 18.5. The molecule has 0 unspecified atom stereocenters. The molecular weight excluding hydrogens is 350 g/mol. The number of ether oxygens (including phenoxy) is 1. The van der Waals surface area contributed by atoms with Gasteiger partial charge in [0.15, 0.2) is 6.61 Å². The number of nitrogens with one attached hydrogen (secondary N) is 1. The van der Waals surface area contributed by atoms with Crippen LogP contribution in [0.3, 0.4) is 0 Å². The number of nitrogens with zero attached hydrogens (tertiary/aromatic N) is 2. The van der Waals surface area contributed by atoms with Crippen LogP contribution < -0.4 is 10.1 Å². The van der Waals surface area contributed by atoms with E-state index in [4.69, 9.17) is 21.4 Å². The van der Waals surface area contributed by atoms with Gasteiger partial charge in [-0.05, 0) is 50.3 Å². The Morgan fingerprint density at radius 2 is 1.73 bits per heavy atom. The second-order valence-electron chi connectivity index (χ2n) is 5.94. The summed E-state index contributed by atoms with van der Waals surface area (Å²) in [6, 6.07) is 15.2. The Hall–Kier alpha value is -2.93. The lowest BCUT2D eigenvalue weighted by atomic mass is 10.2. The summed E-state index contributed by atoms with van der Waals surface area (Å²) in [4.78, 5) is 12.3. The van der Waals surface area contributed by atoms with Crippen LogP contribution in [0.2, 0.25) is 0 Å². The molecule has 0 spiro atoms. The number of hydrogen-bond acceptors (Lipinski definition) is 5. The van der Waals surface area contributed by atoms with Gasteiger partial charge in [0.25, 0.3) is 10.7 Å². The Morgan fingerprint density at radius 1 is 1.12 bits per heavy atom. The Labute approximate surface area is 156 Å². The van der Waals surface area contributed by atoms with Crippen molar-refractivity contribution in [1.29, 1.82) is 0 Å². The normalized spacial score (nSPS) is 10.5. The van der Waals surface area contributed by atoms with E-state index >= 15 is 0 Å².